The highest BCUT2D eigenvalue weighted by Crippen LogP contribution is 2.32. The summed E-state index contributed by atoms with van der Waals surface area (Å²) in [4.78, 5) is 24.4. The van der Waals surface area contributed by atoms with Crippen molar-refractivity contribution in [1.29, 1.82) is 0 Å². The minimum Gasteiger partial charge on any atom is -0.493 e. The van der Waals surface area contributed by atoms with E-state index in [1.165, 1.54) is 24.1 Å². The lowest BCUT2D eigenvalue weighted by molar-refractivity contribution is -0.137. The van der Waals surface area contributed by atoms with Crippen molar-refractivity contribution in [3.63, 3.8) is 0 Å². The van der Waals surface area contributed by atoms with Gasteiger partial charge in [0, 0.05) is 11.6 Å². The van der Waals surface area contributed by atoms with Crippen LogP contribution in [0.5, 0.6) is 11.5 Å². The fourth-order valence-corrected chi connectivity index (χ4v) is 2.06. The van der Waals surface area contributed by atoms with E-state index < -0.39 is 25.0 Å². The summed E-state index contributed by atoms with van der Waals surface area (Å²) >= 11 is 0. The maximum absolute atomic E-state index is 12.4. The van der Waals surface area contributed by atoms with Crippen LogP contribution in [0, 0.1) is 0 Å². The number of halogens is 2. The van der Waals surface area contributed by atoms with Gasteiger partial charge in [0.05, 0.1) is 7.11 Å². The fourth-order valence-electron chi connectivity index (χ4n) is 2.06. The molecule has 0 saturated heterocycles. The summed E-state index contributed by atoms with van der Waals surface area (Å²) in [7, 11) is 1.29. The van der Waals surface area contributed by atoms with Crippen molar-refractivity contribution < 1.29 is 33.0 Å². The lowest BCUT2D eigenvalue weighted by Crippen LogP contribution is -2.37. The molecule has 1 aliphatic carbocycles. The molecule has 1 aliphatic rings. The van der Waals surface area contributed by atoms with Crippen LogP contribution in [-0.4, -0.2) is 48.2 Å². The van der Waals surface area contributed by atoms with Gasteiger partial charge in [-0.25, -0.2) is 0 Å². The maximum atomic E-state index is 12.4. The first-order valence-corrected chi connectivity index (χ1v) is 6.58. The Labute approximate surface area is 125 Å². The Bertz CT molecular complexity index is 574. The van der Waals surface area contributed by atoms with Gasteiger partial charge in [0.15, 0.2) is 11.5 Å². The molecule has 120 valence electrons. The van der Waals surface area contributed by atoms with Crippen molar-refractivity contribution >= 4 is 11.9 Å². The van der Waals surface area contributed by atoms with Crippen LogP contribution in [0.4, 0.5) is 8.78 Å². The molecular formula is C14H15F2NO5. The minimum atomic E-state index is -3.06. The van der Waals surface area contributed by atoms with E-state index in [0.717, 1.165) is 18.9 Å². The molecule has 1 amide bonds. The van der Waals surface area contributed by atoms with Crippen molar-refractivity contribution in [3.05, 3.63) is 23.8 Å². The molecule has 1 aromatic rings. The number of alkyl halides is 2. The number of carboxylic acids is 1. The number of methoxy groups -OCH3 is 1. The lowest BCUT2D eigenvalue weighted by atomic mass is 10.1. The van der Waals surface area contributed by atoms with Crippen LogP contribution < -0.4 is 9.47 Å². The number of carbonyl (C=O) groups is 2. The number of carboxylic acid groups (broad SMARTS) is 1. The zero-order valence-electron chi connectivity index (χ0n) is 11.8. The molecule has 0 spiro atoms. The van der Waals surface area contributed by atoms with Crippen molar-refractivity contribution in [2.75, 3.05) is 13.7 Å². The zero-order chi connectivity index (χ0) is 16.3. The Kier molecular flexibility index (Phi) is 4.79. The molecule has 0 radical (unpaired) electrons. The Balaban J connectivity index is 2.26. The van der Waals surface area contributed by atoms with Gasteiger partial charge in [-0.2, -0.15) is 8.78 Å². The van der Waals surface area contributed by atoms with Gasteiger partial charge < -0.3 is 19.5 Å². The Morgan fingerprint density at radius 1 is 1.36 bits per heavy atom. The molecule has 0 atom stereocenters. The molecule has 1 N–H and O–H groups in total. The van der Waals surface area contributed by atoms with E-state index >= 15 is 0 Å². The SMILES string of the molecule is COc1ccc(C(=O)N(CC(=O)O)C2CC2)cc1OC(F)F. The van der Waals surface area contributed by atoms with E-state index in [9.17, 15) is 18.4 Å². The third-order valence-corrected chi connectivity index (χ3v) is 3.18. The van der Waals surface area contributed by atoms with Crippen LogP contribution in [0.2, 0.25) is 0 Å². The smallest absolute Gasteiger partial charge is 0.387 e. The van der Waals surface area contributed by atoms with Gasteiger partial charge in [-0.15, -0.1) is 0 Å². The fraction of sp³-hybridized carbons (Fsp3) is 0.429. The van der Waals surface area contributed by atoms with Crippen LogP contribution in [0.15, 0.2) is 18.2 Å². The Morgan fingerprint density at radius 2 is 2.05 bits per heavy atom. The largest absolute Gasteiger partial charge is 0.493 e. The van der Waals surface area contributed by atoms with Crippen LogP contribution >= 0.6 is 0 Å². The quantitative estimate of drug-likeness (QED) is 0.832. The molecular weight excluding hydrogens is 300 g/mol. The number of rotatable bonds is 7. The monoisotopic (exact) mass is 315 g/mol. The number of amides is 1. The van der Waals surface area contributed by atoms with E-state index in [4.69, 9.17) is 9.84 Å². The van der Waals surface area contributed by atoms with Gasteiger partial charge in [0.2, 0.25) is 0 Å². The van der Waals surface area contributed by atoms with E-state index in [-0.39, 0.29) is 23.1 Å². The molecule has 1 fully saturated rings. The summed E-state index contributed by atoms with van der Waals surface area (Å²) in [5, 5.41) is 8.87. The van der Waals surface area contributed by atoms with Gasteiger partial charge in [-0.3, -0.25) is 9.59 Å². The summed E-state index contributed by atoms with van der Waals surface area (Å²) in [6.07, 6.45) is 1.46. The summed E-state index contributed by atoms with van der Waals surface area (Å²) in [5.74, 6) is -1.87. The predicted molar refractivity (Wildman–Crippen MR) is 71.3 cm³/mol. The second-order valence-electron chi connectivity index (χ2n) is 4.80. The Morgan fingerprint density at radius 3 is 2.55 bits per heavy atom. The van der Waals surface area contributed by atoms with E-state index in [1.54, 1.807) is 0 Å². The Hall–Kier alpha value is -2.38. The highest BCUT2D eigenvalue weighted by atomic mass is 19.3. The highest BCUT2D eigenvalue weighted by Gasteiger charge is 2.34. The number of hydrogen-bond donors (Lipinski definition) is 1. The summed E-state index contributed by atoms with van der Waals surface area (Å²) in [5.41, 5.74) is 0.0737. The van der Waals surface area contributed by atoms with Crippen LogP contribution in [0.1, 0.15) is 23.2 Å². The molecule has 0 bridgehead atoms. The van der Waals surface area contributed by atoms with E-state index in [1.807, 2.05) is 0 Å². The number of nitrogens with zero attached hydrogens (tertiary/aromatic N) is 1. The number of ether oxygens (including phenoxy) is 2. The second-order valence-corrected chi connectivity index (χ2v) is 4.80. The minimum absolute atomic E-state index is 0.0630. The maximum Gasteiger partial charge on any atom is 0.387 e. The number of aliphatic carboxylic acids is 1. The van der Waals surface area contributed by atoms with Crippen LogP contribution in [-0.2, 0) is 4.79 Å². The average Bonchev–Trinajstić information content (AvgIpc) is 3.27. The molecule has 1 saturated carbocycles. The normalized spacial score (nSPS) is 13.8. The van der Waals surface area contributed by atoms with Crippen molar-refractivity contribution in [3.8, 4) is 11.5 Å². The molecule has 0 heterocycles. The molecule has 0 aliphatic heterocycles. The first-order valence-electron chi connectivity index (χ1n) is 6.58. The zero-order valence-corrected chi connectivity index (χ0v) is 11.8. The topological polar surface area (TPSA) is 76.1 Å². The third kappa shape index (κ3) is 3.84. The first-order chi connectivity index (χ1) is 10.4. The van der Waals surface area contributed by atoms with Gasteiger partial charge in [-0.05, 0) is 31.0 Å². The molecule has 0 unspecified atom stereocenters. The first kappa shape index (κ1) is 16.0. The molecule has 6 nitrogen and oxygen atoms in total. The van der Waals surface area contributed by atoms with Crippen molar-refractivity contribution in [2.24, 2.45) is 0 Å². The van der Waals surface area contributed by atoms with E-state index in [2.05, 4.69) is 4.74 Å². The number of hydrogen-bond acceptors (Lipinski definition) is 4. The average molecular weight is 315 g/mol. The highest BCUT2D eigenvalue weighted by molar-refractivity contribution is 5.96. The summed E-state index contributed by atoms with van der Waals surface area (Å²) in [6, 6.07) is 3.73. The van der Waals surface area contributed by atoms with Gasteiger partial charge >= 0.3 is 12.6 Å². The molecule has 2 rings (SSSR count). The number of benzene rings is 1. The number of carbonyl (C=O) groups excluding carboxylic acids is 1. The van der Waals surface area contributed by atoms with Crippen molar-refractivity contribution in [1.82, 2.24) is 4.90 Å². The molecule has 8 heteroatoms. The summed E-state index contributed by atoms with van der Waals surface area (Å²) in [6.45, 7) is -3.49. The molecule has 0 aromatic heterocycles. The third-order valence-electron chi connectivity index (χ3n) is 3.18. The second kappa shape index (κ2) is 6.59. The standard InChI is InChI=1S/C14H15F2NO5/c1-21-10-5-2-8(6-11(10)22-14(15)16)13(20)17(7-12(18)19)9-3-4-9/h2,5-6,9,14H,3-4,7H2,1H3,(H,18,19). The molecule has 22 heavy (non-hydrogen) atoms. The van der Waals surface area contributed by atoms with E-state index in [0.29, 0.717) is 0 Å². The lowest BCUT2D eigenvalue weighted by Gasteiger charge is -2.21. The summed E-state index contributed by atoms with van der Waals surface area (Å²) < 4.78 is 34.0. The predicted octanol–water partition coefficient (Wildman–Crippen LogP) is 1.99. The van der Waals surface area contributed by atoms with Crippen molar-refractivity contribution in [2.45, 2.75) is 25.5 Å². The van der Waals surface area contributed by atoms with Gasteiger partial charge in [0.1, 0.15) is 6.54 Å². The molecule has 1 aromatic carbocycles. The van der Waals surface area contributed by atoms with Gasteiger partial charge in [0.25, 0.3) is 5.91 Å². The van der Waals surface area contributed by atoms with Crippen LogP contribution in [0.25, 0.3) is 0 Å². The van der Waals surface area contributed by atoms with Gasteiger partial charge in [-0.1, -0.05) is 0 Å². The van der Waals surface area contributed by atoms with Crippen LogP contribution in [0.3, 0.4) is 0 Å².